The lowest BCUT2D eigenvalue weighted by Gasteiger charge is -2.54. The van der Waals surface area contributed by atoms with Crippen LogP contribution >= 0.6 is 26.8 Å². The smallest absolute Gasteiger partial charge is 0.340 e. The molecule has 7 rings (SSSR count). The van der Waals surface area contributed by atoms with Crippen molar-refractivity contribution in [2.75, 3.05) is 17.8 Å². The lowest BCUT2D eigenvalue weighted by atomic mass is 9.54. The Morgan fingerprint density at radius 3 is 2.34 bits per heavy atom. The molecule has 17 heteroatoms. The number of aliphatic hydroxyl groups is 2. The highest BCUT2D eigenvalue weighted by molar-refractivity contribution is 7.70. The summed E-state index contributed by atoms with van der Waals surface area (Å²) in [5.41, 5.74) is 0.693. The van der Waals surface area contributed by atoms with Gasteiger partial charge in [-0.15, -0.1) is 0 Å². The lowest BCUT2D eigenvalue weighted by molar-refractivity contribution is -0.0483. The molecule has 0 spiro atoms. The van der Waals surface area contributed by atoms with Crippen LogP contribution in [0.4, 0.5) is 5.82 Å². The molecular weight excluding hydrogens is 564 g/mol. The maximum absolute atomic E-state index is 12.0. The van der Waals surface area contributed by atoms with E-state index >= 15 is 0 Å². The first kappa shape index (κ1) is 27.0. The van der Waals surface area contributed by atoms with E-state index in [-0.39, 0.29) is 17.0 Å². The van der Waals surface area contributed by atoms with Gasteiger partial charge in [-0.2, -0.15) is 9.97 Å². The predicted octanol–water partition coefficient (Wildman–Crippen LogP) is 1.67. The number of hydrogen-bond donors (Lipinski definition) is 6. The molecule has 5 fully saturated rings. The van der Waals surface area contributed by atoms with Crippen LogP contribution in [0.3, 0.4) is 0 Å². The van der Waals surface area contributed by atoms with Crippen molar-refractivity contribution in [3.8, 4) is 0 Å². The Kier molecular flexibility index (Phi) is 6.91. The molecule has 6 N–H and O–H groups in total. The number of halogens is 1. The predicted molar refractivity (Wildman–Crippen MR) is 133 cm³/mol. The van der Waals surface area contributed by atoms with Gasteiger partial charge in [0.2, 0.25) is 5.28 Å². The van der Waals surface area contributed by atoms with Gasteiger partial charge in [0.1, 0.15) is 18.3 Å². The van der Waals surface area contributed by atoms with Crippen LogP contribution in [0.2, 0.25) is 5.28 Å². The minimum Gasteiger partial charge on any atom is -0.387 e. The Morgan fingerprint density at radius 1 is 1.05 bits per heavy atom. The highest BCUT2D eigenvalue weighted by Crippen LogP contribution is 2.56. The normalized spacial score (nSPS) is 38.1. The summed E-state index contributed by atoms with van der Waals surface area (Å²) < 4.78 is 34.9. The zero-order valence-electron chi connectivity index (χ0n) is 20.2. The summed E-state index contributed by atoms with van der Waals surface area (Å²) in [5.74, 6) is 1.87. The summed E-state index contributed by atoms with van der Waals surface area (Å²) in [4.78, 5) is 40.7. The van der Waals surface area contributed by atoms with Crippen LogP contribution in [0, 0.1) is 23.7 Å². The molecule has 0 amide bonds. The van der Waals surface area contributed by atoms with Crippen molar-refractivity contribution in [3.63, 3.8) is 0 Å². The molecule has 5 unspecified atom stereocenters. The van der Waals surface area contributed by atoms with Gasteiger partial charge < -0.3 is 39.5 Å². The molecule has 2 aromatic rings. The summed E-state index contributed by atoms with van der Waals surface area (Å²) in [5, 5.41) is 24.7. The zero-order valence-corrected chi connectivity index (χ0v) is 22.7. The van der Waals surface area contributed by atoms with Gasteiger partial charge in [-0.05, 0) is 67.4 Å². The number of imidazole rings is 1. The molecule has 4 bridgehead atoms. The monoisotopic (exact) mass is 593 g/mol. The van der Waals surface area contributed by atoms with Crippen LogP contribution in [-0.4, -0.2) is 81.3 Å². The number of rotatable bonds is 8. The fourth-order valence-corrected chi connectivity index (χ4v) is 9.79. The summed E-state index contributed by atoms with van der Waals surface area (Å²) in [6.45, 7) is -0.690. The number of nitrogens with zero attached hydrogens (tertiary/aromatic N) is 4. The Hall–Kier alpha value is -1.18. The molecule has 14 nitrogen and oxygen atoms in total. The number of nitrogens with one attached hydrogen (secondary N) is 1. The van der Waals surface area contributed by atoms with Crippen LogP contribution in [0.25, 0.3) is 11.2 Å². The molecule has 38 heavy (non-hydrogen) atoms. The Labute approximate surface area is 222 Å². The number of aromatic nitrogens is 4. The second-order valence-electron chi connectivity index (χ2n) is 11.1. The van der Waals surface area contributed by atoms with Crippen molar-refractivity contribution in [1.82, 2.24) is 19.5 Å². The van der Waals surface area contributed by atoms with Crippen LogP contribution < -0.4 is 5.32 Å². The van der Waals surface area contributed by atoms with E-state index in [0.29, 0.717) is 23.2 Å². The largest absolute Gasteiger partial charge is 0.387 e. The highest BCUT2D eigenvalue weighted by Gasteiger charge is 2.49. The van der Waals surface area contributed by atoms with Gasteiger partial charge in [0.05, 0.1) is 12.9 Å². The average Bonchev–Trinajstić information content (AvgIpc) is 3.33. The van der Waals surface area contributed by atoms with E-state index in [1.807, 2.05) is 0 Å². The van der Waals surface area contributed by atoms with E-state index in [1.165, 1.54) is 43.0 Å². The van der Waals surface area contributed by atoms with Gasteiger partial charge in [-0.3, -0.25) is 13.7 Å². The van der Waals surface area contributed by atoms with Crippen molar-refractivity contribution in [3.05, 3.63) is 11.6 Å². The number of aliphatic hydroxyl groups excluding tert-OH is 2. The van der Waals surface area contributed by atoms with Gasteiger partial charge in [-0.25, -0.2) is 4.98 Å². The quantitative estimate of drug-likeness (QED) is 0.190. The molecule has 1 aliphatic heterocycles. The minimum absolute atomic E-state index is 0.0304. The van der Waals surface area contributed by atoms with E-state index in [0.717, 1.165) is 11.8 Å². The third-order valence-corrected chi connectivity index (χ3v) is 12.0. The molecule has 2 aromatic heterocycles. The third kappa shape index (κ3) is 5.16. The third-order valence-electron chi connectivity index (χ3n) is 8.34. The molecule has 3 heterocycles. The fourth-order valence-electron chi connectivity index (χ4n) is 7.06. The van der Waals surface area contributed by atoms with Gasteiger partial charge in [-0.1, -0.05) is 0 Å². The number of fused-ring (bicyclic) bond motifs is 1. The number of ether oxygens (including phenoxy) is 1. The first-order chi connectivity index (χ1) is 17.9. The Bertz CT molecular complexity index is 1300. The van der Waals surface area contributed by atoms with Crippen molar-refractivity contribution >= 4 is 43.8 Å². The second-order valence-corrected chi connectivity index (χ2v) is 15.4. The van der Waals surface area contributed by atoms with Crippen molar-refractivity contribution < 1.29 is 43.3 Å². The first-order valence-corrected chi connectivity index (χ1v) is 16.5. The highest BCUT2D eigenvalue weighted by atomic mass is 35.5. The van der Waals surface area contributed by atoms with Gasteiger partial charge >= 0.3 is 15.2 Å². The molecule has 1 saturated heterocycles. The summed E-state index contributed by atoms with van der Waals surface area (Å²) >= 11 is 6.28. The lowest BCUT2D eigenvalue weighted by Crippen LogP contribution is -2.51. The number of anilines is 1. The van der Waals surface area contributed by atoms with Gasteiger partial charge in [0.15, 0.2) is 29.1 Å². The summed E-state index contributed by atoms with van der Waals surface area (Å²) in [7, 11) is -9.49. The van der Waals surface area contributed by atoms with E-state index < -0.39 is 52.2 Å². The SMILES string of the molecule is O=P(O)(O)CP(=O)(O)OCC1OC(n2cnc3c(NC4C5CC6CC(C5)CC4C6)nc(Cl)nc32)C(O)C1O. The maximum atomic E-state index is 12.0. The second kappa shape index (κ2) is 9.73. The topological polar surface area (TPSA) is 209 Å². The Balaban J connectivity index is 1.21. The van der Waals surface area contributed by atoms with E-state index in [2.05, 4.69) is 20.3 Å². The van der Waals surface area contributed by atoms with Crippen molar-refractivity contribution in [1.29, 1.82) is 0 Å². The van der Waals surface area contributed by atoms with Gasteiger partial charge in [0.25, 0.3) is 0 Å². The average molecular weight is 594 g/mol. The minimum atomic E-state index is -4.82. The number of hydrogen-bond acceptors (Lipinski definition) is 10. The molecule has 4 saturated carbocycles. The molecule has 0 aromatic carbocycles. The van der Waals surface area contributed by atoms with Crippen molar-refractivity contribution in [2.24, 2.45) is 23.7 Å². The maximum Gasteiger partial charge on any atom is 0.340 e. The van der Waals surface area contributed by atoms with Crippen LogP contribution in [-0.2, 0) is 18.4 Å². The molecule has 210 valence electrons. The standard InChI is InChI=1S/C21H30ClN5O9P2/c22-21-25-18(24-14-11-2-9-1-10(4-11)5-12(14)3-9)15-19(26-21)27(7-23-15)20-17(29)16(28)13(36-20)6-35-38(33,34)8-37(30,31)32/h7,9-14,16-17,20,28-29H,1-6,8H2,(H,33,34)(H,24,25,26)(H2,30,31,32). The summed E-state index contributed by atoms with van der Waals surface area (Å²) in [6.07, 6.45) is 2.07. The molecule has 0 radical (unpaired) electrons. The molecule has 4 aliphatic carbocycles. The van der Waals surface area contributed by atoms with E-state index in [4.69, 9.17) is 30.6 Å². The van der Waals surface area contributed by atoms with Crippen LogP contribution in [0.5, 0.6) is 0 Å². The first-order valence-electron chi connectivity index (χ1n) is 12.6. The zero-order chi connectivity index (χ0) is 27.0. The van der Waals surface area contributed by atoms with Crippen LogP contribution in [0.1, 0.15) is 38.3 Å². The van der Waals surface area contributed by atoms with Crippen LogP contribution in [0.15, 0.2) is 6.33 Å². The van der Waals surface area contributed by atoms with Crippen molar-refractivity contribution in [2.45, 2.75) is 62.7 Å². The molecular formula is C21H30ClN5O9P2. The van der Waals surface area contributed by atoms with E-state index in [9.17, 15) is 24.2 Å². The summed E-state index contributed by atoms with van der Waals surface area (Å²) in [6, 6.07) is 0.265. The Morgan fingerprint density at radius 2 is 1.71 bits per heavy atom. The van der Waals surface area contributed by atoms with E-state index in [1.54, 1.807) is 0 Å². The fraction of sp³-hybridized carbons (Fsp3) is 0.762. The molecule has 5 aliphatic rings. The van der Waals surface area contributed by atoms with Gasteiger partial charge in [0, 0.05) is 6.04 Å². The molecule has 5 atom stereocenters.